The van der Waals surface area contributed by atoms with E-state index in [9.17, 15) is 0 Å². The smallest absolute Gasteiger partial charge is 0.109 e. The first-order chi connectivity index (χ1) is 6.88. The van der Waals surface area contributed by atoms with Crippen LogP contribution in [0.1, 0.15) is 17.1 Å². The number of rotatable bonds is 4. The molecule has 0 aliphatic carbocycles. The molecule has 0 atom stereocenters. The Morgan fingerprint density at radius 1 is 1.29 bits per heavy atom. The molecule has 0 aliphatic heterocycles. The highest BCUT2D eigenvalue weighted by Crippen LogP contribution is 2.09. The second kappa shape index (κ2) is 4.15. The lowest BCUT2D eigenvalue weighted by atomic mass is 10.2. The van der Waals surface area contributed by atoms with Gasteiger partial charge in [-0.05, 0) is 31.3 Å². The van der Waals surface area contributed by atoms with Gasteiger partial charge in [-0.3, -0.25) is 0 Å². The van der Waals surface area contributed by atoms with Crippen molar-refractivity contribution in [1.82, 2.24) is 10.3 Å². The summed E-state index contributed by atoms with van der Waals surface area (Å²) in [6, 6.07) is 8.08. The minimum absolute atomic E-state index is 0.830. The lowest BCUT2D eigenvalue weighted by Crippen LogP contribution is -2.05. The van der Waals surface area contributed by atoms with Gasteiger partial charge in [0.25, 0.3) is 0 Å². The summed E-state index contributed by atoms with van der Waals surface area (Å²) in [4.78, 5) is 3.33. The molecular formula is C11H14N2O. The number of furan rings is 1. The quantitative estimate of drug-likeness (QED) is 0.773. The second-order valence-electron chi connectivity index (χ2n) is 3.30. The van der Waals surface area contributed by atoms with E-state index < -0.39 is 0 Å². The van der Waals surface area contributed by atoms with Gasteiger partial charge < -0.3 is 14.7 Å². The Morgan fingerprint density at radius 2 is 2.14 bits per heavy atom. The molecule has 0 radical (unpaired) electrons. The molecule has 2 aromatic rings. The number of aromatic amines is 1. The topological polar surface area (TPSA) is 41.0 Å². The predicted molar refractivity (Wildman–Crippen MR) is 55.1 cm³/mol. The van der Waals surface area contributed by atoms with Crippen molar-refractivity contribution >= 4 is 0 Å². The molecule has 2 aromatic heterocycles. The van der Waals surface area contributed by atoms with Gasteiger partial charge in [-0.25, -0.2) is 0 Å². The van der Waals surface area contributed by atoms with Gasteiger partial charge in [-0.2, -0.15) is 0 Å². The molecule has 0 fully saturated rings. The van der Waals surface area contributed by atoms with Crippen molar-refractivity contribution in [3.63, 3.8) is 0 Å². The fourth-order valence-electron chi connectivity index (χ4n) is 1.49. The van der Waals surface area contributed by atoms with Crippen LogP contribution in [0.3, 0.4) is 0 Å². The van der Waals surface area contributed by atoms with Gasteiger partial charge in [0, 0.05) is 24.4 Å². The van der Waals surface area contributed by atoms with Crippen molar-refractivity contribution in [1.29, 1.82) is 0 Å². The highest BCUT2D eigenvalue weighted by atomic mass is 16.3. The lowest BCUT2D eigenvalue weighted by molar-refractivity contribution is 0.519. The van der Waals surface area contributed by atoms with Crippen molar-refractivity contribution in [2.45, 2.75) is 13.0 Å². The van der Waals surface area contributed by atoms with E-state index in [1.165, 1.54) is 11.4 Å². The maximum Gasteiger partial charge on any atom is 0.109 e. The van der Waals surface area contributed by atoms with Crippen LogP contribution in [0, 0.1) is 0 Å². The largest absolute Gasteiger partial charge is 0.469 e. The van der Waals surface area contributed by atoms with Gasteiger partial charge in [-0.1, -0.05) is 0 Å². The molecule has 2 rings (SSSR count). The molecule has 14 heavy (non-hydrogen) atoms. The summed E-state index contributed by atoms with van der Waals surface area (Å²) in [5.74, 6) is 0.989. The molecule has 0 spiro atoms. The Morgan fingerprint density at radius 3 is 2.86 bits per heavy atom. The molecule has 0 unspecified atom stereocenters. The first-order valence-electron chi connectivity index (χ1n) is 4.72. The maximum atomic E-state index is 5.27. The summed E-state index contributed by atoms with van der Waals surface area (Å²) in [7, 11) is 1.94. The highest BCUT2D eigenvalue weighted by molar-refractivity contribution is 5.17. The average molecular weight is 190 g/mol. The zero-order valence-corrected chi connectivity index (χ0v) is 8.21. The zero-order valence-electron chi connectivity index (χ0n) is 8.21. The van der Waals surface area contributed by atoms with E-state index in [1.54, 1.807) is 6.26 Å². The fourth-order valence-corrected chi connectivity index (χ4v) is 1.49. The number of hydrogen-bond donors (Lipinski definition) is 2. The molecule has 3 nitrogen and oxygen atoms in total. The van der Waals surface area contributed by atoms with Crippen molar-refractivity contribution < 1.29 is 4.42 Å². The van der Waals surface area contributed by atoms with Crippen LogP contribution in [0.15, 0.2) is 34.9 Å². The van der Waals surface area contributed by atoms with Crippen LogP contribution in [0.25, 0.3) is 0 Å². The normalized spacial score (nSPS) is 10.6. The van der Waals surface area contributed by atoms with Crippen LogP contribution in [-0.2, 0) is 13.0 Å². The van der Waals surface area contributed by atoms with Crippen LogP contribution in [0.2, 0.25) is 0 Å². The molecule has 0 aromatic carbocycles. The highest BCUT2D eigenvalue weighted by Gasteiger charge is 2.01. The van der Waals surface area contributed by atoms with Gasteiger partial charge in [0.2, 0.25) is 0 Å². The van der Waals surface area contributed by atoms with E-state index in [2.05, 4.69) is 22.4 Å². The zero-order chi connectivity index (χ0) is 9.80. The molecule has 0 aliphatic rings. The van der Waals surface area contributed by atoms with Gasteiger partial charge in [0.1, 0.15) is 5.76 Å². The SMILES string of the molecule is CNCc1ccc(Cc2ccco2)[nH]1. The summed E-state index contributed by atoms with van der Waals surface area (Å²) in [6.45, 7) is 0.873. The lowest BCUT2D eigenvalue weighted by Gasteiger charge is -1.95. The minimum atomic E-state index is 0.830. The van der Waals surface area contributed by atoms with Crippen LogP contribution in [0.5, 0.6) is 0 Å². The van der Waals surface area contributed by atoms with Crippen molar-refractivity contribution in [3.8, 4) is 0 Å². The standard InChI is InChI=1S/C11H14N2O/c1-12-8-10-5-4-9(13-10)7-11-3-2-6-14-11/h2-6,12-13H,7-8H2,1H3. The van der Waals surface area contributed by atoms with Gasteiger partial charge >= 0.3 is 0 Å². The molecule has 3 heteroatoms. The molecular weight excluding hydrogens is 176 g/mol. The molecule has 74 valence electrons. The van der Waals surface area contributed by atoms with E-state index in [-0.39, 0.29) is 0 Å². The molecule has 0 bridgehead atoms. The summed E-state index contributed by atoms with van der Waals surface area (Å²) in [5.41, 5.74) is 2.39. The van der Waals surface area contributed by atoms with Crippen molar-refractivity contribution in [2.75, 3.05) is 7.05 Å². The first-order valence-corrected chi connectivity index (χ1v) is 4.72. The van der Waals surface area contributed by atoms with E-state index in [0.717, 1.165) is 18.7 Å². The number of aromatic nitrogens is 1. The number of nitrogens with one attached hydrogen (secondary N) is 2. The third-order valence-electron chi connectivity index (χ3n) is 2.12. The van der Waals surface area contributed by atoms with Crippen molar-refractivity contribution in [3.05, 3.63) is 47.7 Å². The van der Waals surface area contributed by atoms with E-state index in [4.69, 9.17) is 4.42 Å². The maximum absolute atomic E-state index is 5.27. The molecule has 2 N–H and O–H groups in total. The Labute approximate surface area is 83.1 Å². The van der Waals surface area contributed by atoms with Crippen LogP contribution in [0.4, 0.5) is 0 Å². The summed E-state index contributed by atoms with van der Waals surface area (Å²) in [6.07, 6.45) is 2.53. The predicted octanol–water partition coefficient (Wildman–Crippen LogP) is 1.92. The van der Waals surface area contributed by atoms with E-state index >= 15 is 0 Å². The van der Waals surface area contributed by atoms with E-state index in [0.29, 0.717) is 0 Å². The number of hydrogen-bond acceptors (Lipinski definition) is 2. The van der Waals surface area contributed by atoms with Gasteiger partial charge in [0.15, 0.2) is 0 Å². The monoisotopic (exact) mass is 190 g/mol. The van der Waals surface area contributed by atoms with Crippen molar-refractivity contribution in [2.24, 2.45) is 0 Å². The molecule has 0 saturated carbocycles. The average Bonchev–Trinajstić information content (AvgIpc) is 2.79. The third kappa shape index (κ3) is 2.06. The van der Waals surface area contributed by atoms with Gasteiger partial charge in [0.05, 0.1) is 6.26 Å². The minimum Gasteiger partial charge on any atom is -0.469 e. The fraction of sp³-hybridized carbons (Fsp3) is 0.273. The van der Waals surface area contributed by atoms with E-state index in [1.807, 2.05) is 19.2 Å². The second-order valence-corrected chi connectivity index (χ2v) is 3.30. The molecule has 2 heterocycles. The van der Waals surface area contributed by atoms with Crippen LogP contribution < -0.4 is 5.32 Å². The summed E-state index contributed by atoms with van der Waals surface area (Å²) >= 11 is 0. The van der Waals surface area contributed by atoms with Gasteiger partial charge in [-0.15, -0.1) is 0 Å². The summed E-state index contributed by atoms with van der Waals surface area (Å²) in [5, 5.41) is 3.10. The Balaban J connectivity index is 2.03. The third-order valence-corrected chi connectivity index (χ3v) is 2.12. The Bertz CT molecular complexity index is 376. The Kier molecular flexibility index (Phi) is 2.70. The van der Waals surface area contributed by atoms with Crippen LogP contribution >= 0.6 is 0 Å². The molecule has 0 saturated heterocycles. The Hall–Kier alpha value is -1.48. The number of H-pyrrole nitrogens is 1. The van der Waals surface area contributed by atoms with Crippen LogP contribution in [-0.4, -0.2) is 12.0 Å². The first kappa shape index (κ1) is 9.09. The summed E-state index contributed by atoms with van der Waals surface area (Å²) < 4.78 is 5.27. The molecule has 0 amide bonds.